The number of piperidine rings is 1. The summed E-state index contributed by atoms with van der Waals surface area (Å²) < 4.78 is 0. The second-order valence-electron chi connectivity index (χ2n) is 6.73. The summed E-state index contributed by atoms with van der Waals surface area (Å²) >= 11 is 0. The van der Waals surface area contributed by atoms with Crippen LogP contribution in [0, 0.1) is 5.92 Å². The van der Waals surface area contributed by atoms with Gasteiger partial charge in [-0.15, -0.1) is 0 Å². The number of carbonyl (C=O) groups is 1. The van der Waals surface area contributed by atoms with Crippen LogP contribution in [0.4, 0.5) is 0 Å². The van der Waals surface area contributed by atoms with Crippen LogP contribution in [-0.2, 0) is 11.3 Å². The Labute approximate surface area is 128 Å². The number of carbonyl (C=O) groups excluding carboxylic acids is 1. The molecule has 2 nitrogen and oxygen atoms in total. The first-order chi connectivity index (χ1) is 10.3. The van der Waals surface area contributed by atoms with Crippen LogP contribution in [0.25, 0.3) is 0 Å². The summed E-state index contributed by atoms with van der Waals surface area (Å²) in [6.45, 7) is 3.25. The maximum atomic E-state index is 12.5. The van der Waals surface area contributed by atoms with Crippen molar-refractivity contribution in [3.63, 3.8) is 0 Å². The van der Waals surface area contributed by atoms with Crippen molar-refractivity contribution in [2.24, 2.45) is 5.92 Å². The predicted octanol–water partition coefficient (Wildman–Crippen LogP) is 4.19. The van der Waals surface area contributed by atoms with Gasteiger partial charge in [0.2, 0.25) is 0 Å². The first kappa shape index (κ1) is 14.8. The molecule has 1 saturated heterocycles. The van der Waals surface area contributed by atoms with Crippen LogP contribution in [0.2, 0.25) is 0 Å². The summed E-state index contributed by atoms with van der Waals surface area (Å²) in [6, 6.07) is 11.7. The van der Waals surface area contributed by atoms with Gasteiger partial charge in [-0.05, 0) is 24.8 Å². The Morgan fingerprint density at radius 2 is 1.90 bits per heavy atom. The third-order valence-electron chi connectivity index (χ3n) is 5.30. The number of hydrogen-bond donors (Lipinski definition) is 0. The molecule has 114 valence electrons. The topological polar surface area (TPSA) is 20.3 Å². The van der Waals surface area contributed by atoms with E-state index < -0.39 is 0 Å². The number of Topliss-reactive ketones (excluding diaryl/α,β-unsaturated/α-hetero) is 1. The van der Waals surface area contributed by atoms with E-state index in [0.29, 0.717) is 23.8 Å². The first-order valence-corrected chi connectivity index (χ1v) is 8.62. The van der Waals surface area contributed by atoms with E-state index in [0.717, 1.165) is 25.8 Å². The Bertz CT molecular complexity index is 470. The zero-order chi connectivity index (χ0) is 14.7. The molecule has 3 atom stereocenters. The van der Waals surface area contributed by atoms with Crippen molar-refractivity contribution in [1.82, 2.24) is 4.90 Å². The molecule has 3 rings (SSSR count). The molecule has 21 heavy (non-hydrogen) atoms. The fourth-order valence-electron chi connectivity index (χ4n) is 4.30. The van der Waals surface area contributed by atoms with Crippen LogP contribution in [0.3, 0.4) is 0 Å². The van der Waals surface area contributed by atoms with Crippen molar-refractivity contribution in [3.05, 3.63) is 35.9 Å². The molecule has 0 spiro atoms. The normalized spacial score (nSPS) is 30.1. The van der Waals surface area contributed by atoms with Gasteiger partial charge < -0.3 is 0 Å². The molecule has 0 radical (unpaired) electrons. The highest BCUT2D eigenvalue weighted by Gasteiger charge is 2.42. The Balaban J connectivity index is 1.82. The summed E-state index contributed by atoms with van der Waals surface area (Å²) in [6.07, 6.45) is 7.96. The average molecular weight is 285 g/mol. The van der Waals surface area contributed by atoms with Crippen molar-refractivity contribution in [3.8, 4) is 0 Å². The van der Waals surface area contributed by atoms with E-state index in [-0.39, 0.29) is 0 Å². The first-order valence-electron chi connectivity index (χ1n) is 8.62. The molecule has 0 bridgehead atoms. The third kappa shape index (κ3) is 3.21. The molecule has 0 amide bonds. The monoisotopic (exact) mass is 285 g/mol. The minimum atomic E-state index is 0.315. The summed E-state index contributed by atoms with van der Waals surface area (Å²) in [5.74, 6) is 0.859. The van der Waals surface area contributed by atoms with Gasteiger partial charge in [0.1, 0.15) is 5.78 Å². The molecule has 0 aromatic heterocycles. The molecule has 1 aliphatic heterocycles. The Morgan fingerprint density at radius 3 is 2.67 bits per heavy atom. The summed E-state index contributed by atoms with van der Waals surface area (Å²) in [5, 5.41) is 0. The molecule has 2 aliphatic rings. The van der Waals surface area contributed by atoms with Gasteiger partial charge in [0, 0.05) is 31.0 Å². The van der Waals surface area contributed by atoms with Gasteiger partial charge in [0.05, 0.1) is 0 Å². The van der Waals surface area contributed by atoms with Crippen LogP contribution in [0.5, 0.6) is 0 Å². The van der Waals surface area contributed by atoms with E-state index in [1.54, 1.807) is 0 Å². The Morgan fingerprint density at radius 1 is 1.14 bits per heavy atom. The van der Waals surface area contributed by atoms with Crippen LogP contribution in [0.1, 0.15) is 57.4 Å². The lowest BCUT2D eigenvalue weighted by Gasteiger charge is -2.48. The maximum Gasteiger partial charge on any atom is 0.139 e. The van der Waals surface area contributed by atoms with E-state index in [9.17, 15) is 4.79 Å². The van der Waals surface area contributed by atoms with Crippen molar-refractivity contribution < 1.29 is 4.79 Å². The zero-order valence-electron chi connectivity index (χ0n) is 13.1. The fraction of sp³-hybridized carbons (Fsp3) is 0.632. The minimum absolute atomic E-state index is 0.315. The molecule has 3 unspecified atom stereocenters. The highest BCUT2D eigenvalue weighted by Crippen LogP contribution is 2.37. The van der Waals surface area contributed by atoms with Crippen molar-refractivity contribution >= 4 is 5.78 Å². The van der Waals surface area contributed by atoms with Crippen molar-refractivity contribution in [1.29, 1.82) is 0 Å². The Hall–Kier alpha value is -1.15. The van der Waals surface area contributed by atoms with E-state index in [2.05, 4.69) is 42.2 Å². The SMILES string of the molecule is CCCC1CC(=O)C2CCCCC2N1Cc1ccccc1. The highest BCUT2D eigenvalue weighted by molar-refractivity contribution is 5.83. The van der Waals surface area contributed by atoms with E-state index in [1.165, 1.54) is 31.2 Å². The molecular formula is C19H27NO. The predicted molar refractivity (Wildman–Crippen MR) is 86.1 cm³/mol. The largest absolute Gasteiger partial charge is 0.299 e. The molecule has 2 heteroatoms. The quantitative estimate of drug-likeness (QED) is 0.827. The number of hydrogen-bond acceptors (Lipinski definition) is 2. The number of rotatable bonds is 4. The van der Waals surface area contributed by atoms with Crippen LogP contribution < -0.4 is 0 Å². The number of likely N-dealkylation sites (tertiary alicyclic amines) is 1. The van der Waals surface area contributed by atoms with Gasteiger partial charge >= 0.3 is 0 Å². The van der Waals surface area contributed by atoms with Crippen LogP contribution in [0.15, 0.2) is 30.3 Å². The molecule has 1 aromatic carbocycles. The van der Waals surface area contributed by atoms with Gasteiger partial charge in [-0.3, -0.25) is 9.69 Å². The molecular weight excluding hydrogens is 258 g/mol. The standard InChI is InChI=1S/C19H27NO/c1-2-8-16-13-19(21)17-11-6-7-12-18(17)20(16)14-15-9-4-3-5-10-15/h3-5,9-10,16-18H,2,6-8,11-14H2,1H3. The molecule has 0 N–H and O–H groups in total. The summed E-state index contributed by atoms with van der Waals surface area (Å²) in [5.41, 5.74) is 1.39. The average Bonchev–Trinajstić information content (AvgIpc) is 2.52. The van der Waals surface area contributed by atoms with E-state index >= 15 is 0 Å². The zero-order valence-corrected chi connectivity index (χ0v) is 13.1. The van der Waals surface area contributed by atoms with Crippen LogP contribution >= 0.6 is 0 Å². The van der Waals surface area contributed by atoms with Gasteiger partial charge in [0.15, 0.2) is 0 Å². The number of nitrogens with zero attached hydrogens (tertiary/aromatic N) is 1. The maximum absolute atomic E-state index is 12.5. The molecule has 1 aromatic rings. The van der Waals surface area contributed by atoms with E-state index in [1.807, 2.05) is 0 Å². The van der Waals surface area contributed by atoms with Crippen LogP contribution in [-0.4, -0.2) is 22.8 Å². The van der Waals surface area contributed by atoms with Gasteiger partial charge in [0.25, 0.3) is 0 Å². The van der Waals surface area contributed by atoms with Gasteiger partial charge in [-0.25, -0.2) is 0 Å². The third-order valence-corrected chi connectivity index (χ3v) is 5.30. The lowest BCUT2D eigenvalue weighted by molar-refractivity contribution is -0.134. The smallest absolute Gasteiger partial charge is 0.139 e. The summed E-state index contributed by atoms with van der Waals surface area (Å²) in [7, 11) is 0. The fourth-order valence-corrected chi connectivity index (χ4v) is 4.30. The lowest BCUT2D eigenvalue weighted by Crippen LogP contribution is -2.55. The lowest BCUT2D eigenvalue weighted by atomic mass is 9.74. The number of ketones is 1. The highest BCUT2D eigenvalue weighted by atomic mass is 16.1. The number of benzene rings is 1. The Kier molecular flexibility index (Phi) is 4.74. The molecule has 2 fully saturated rings. The second kappa shape index (κ2) is 6.74. The van der Waals surface area contributed by atoms with Crippen molar-refractivity contribution in [2.75, 3.05) is 0 Å². The molecule has 1 saturated carbocycles. The summed E-state index contributed by atoms with van der Waals surface area (Å²) in [4.78, 5) is 15.2. The molecule has 1 aliphatic carbocycles. The minimum Gasteiger partial charge on any atom is -0.299 e. The van der Waals surface area contributed by atoms with Gasteiger partial charge in [-0.2, -0.15) is 0 Å². The van der Waals surface area contributed by atoms with Gasteiger partial charge in [-0.1, -0.05) is 56.5 Å². The van der Waals surface area contributed by atoms with Crippen molar-refractivity contribution in [2.45, 2.75) is 70.5 Å². The van der Waals surface area contributed by atoms with E-state index in [4.69, 9.17) is 0 Å². The molecule has 1 heterocycles. The second-order valence-corrected chi connectivity index (χ2v) is 6.73. The number of fused-ring (bicyclic) bond motifs is 1.